The number of hydrogen-bond donors (Lipinski definition) is 1. The Morgan fingerprint density at radius 2 is 2.42 bits per heavy atom. The summed E-state index contributed by atoms with van der Waals surface area (Å²) in [7, 11) is 1.66. The van der Waals surface area contributed by atoms with Gasteiger partial charge < -0.3 is 5.11 Å². The van der Waals surface area contributed by atoms with E-state index < -0.39 is 12.0 Å². The fourth-order valence-electron chi connectivity index (χ4n) is 0.824. The highest BCUT2D eigenvalue weighted by Gasteiger charge is 2.18. The molecule has 1 aromatic heterocycles. The van der Waals surface area contributed by atoms with Gasteiger partial charge in [-0.05, 0) is 6.92 Å². The lowest BCUT2D eigenvalue weighted by Gasteiger charge is -2.07. The second-order valence-corrected chi connectivity index (χ2v) is 2.62. The minimum atomic E-state index is -0.844. The molecule has 2 atom stereocenters. The van der Waals surface area contributed by atoms with E-state index in [1.54, 1.807) is 14.0 Å². The highest BCUT2D eigenvalue weighted by Crippen LogP contribution is 2.17. The largest absolute Gasteiger partial charge is 0.385 e. The molecule has 64 valence electrons. The van der Waals surface area contributed by atoms with Crippen LogP contribution in [0.5, 0.6) is 0 Å². The van der Waals surface area contributed by atoms with E-state index in [9.17, 15) is 5.11 Å². The Morgan fingerprint density at radius 3 is 2.83 bits per heavy atom. The summed E-state index contributed by atoms with van der Waals surface area (Å²) in [5.74, 6) is -0.457. The van der Waals surface area contributed by atoms with Gasteiger partial charge in [0.05, 0.1) is 18.2 Å². The van der Waals surface area contributed by atoms with Crippen LogP contribution in [0.15, 0.2) is 6.20 Å². The van der Waals surface area contributed by atoms with Gasteiger partial charge in [-0.15, -0.1) is 0 Å². The van der Waals surface area contributed by atoms with Crippen molar-refractivity contribution in [3.8, 4) is 6.07 Å². The Balaban J connectivity index is 2.79. The van der Waals surface area contributed by atoms with Crippen molar-refractivity contribution in [2.75, 3.05) is 0 Å². The van der Waals surface area contributed by atoms with Crippen LogP contribution in [0.4, 0.5) is 0 Å². The molecule has 0 aliphatic rings. The van der Waals surface area contributed by atoms with Crippen molar-refractivity contribution in [3.63, 3.8) is 0 Å². The molecule has 0 amide bonds. The van der Waals surface area contributed by atoms with Crippen molar-refractivity contribution >= 4 is 0 Å². The number of hydrogen-bond acceptors (Lipinski definition) is 4. The van der Waals surface area contributed by atoms with Crippen LogP contribution in [0, 0.1) is 17.2 Å². The van der Waals surface area contributed by atoms with Gasteiger partial charge in [0.1, 0.15) is 11.8 Å². The molecule has 12 heavy (non-hydrogen) atoms. The van der Waals surface area contributed by atoms with E-state index >= 15 is 0 Å². The van der Waals surface area contributed by atoms with E-state index in [4.69, 9.17) is 5.26 Å². The molecular weight excluding hydrogens is 156 g/mol. The van der Waals surface area contributed by atoms with Crippen LogP contribution < -0.4 is 0 Å². The molecule has 0 radical (unpaired) electrons. The molecule has 2 unspecified atom stereocenters. The Labute approximate surface area is 70.2 Å². The minimum Gasteiger partial charge on any atom is -0.385 e. The SMILES string of the molecule is CC(C#N)C(O)c1cnn(C)n1. The molecule has 5 heteroatoms. The molecule has 0 aliphatic carbocycles. The first-order valence-electron chi connectivity index (χ1n) is 3.59. The fourth-order valence-corrected chi connectivity index (χ4v) is 0.824. The smallest absolute Gasteiger partial charge is 0.115 e. The topological polar surface area (TPSA) is 74.7 Å². The molecule has 0 spiro atoms. The highest BCUT2D eigenvalue weighted by molar-refractivity contribution is 5.02. The number of aromatic nitrogens is 3. The van der Waals surface area contributed by atoms with Gasteiger partial charge in [-0.1, -0.05) is 0 Å². The normalized spacial score (nSPS) is 15.2. The van der Waals surface area contributed by atoms with Gasteiger partial charge in [0.2, 0.25) is 0 Å². The summed E-state index contributed by atoms with van der Waals surface area (Å²) in [6, 6.07) is 1.95. The third-order valence-electron chi connectivity index (χ3n) is 1.60. The first-order chi connectivity index (χ1) is 5.65. The highest BCUT2D eigenvalue weighted by atomic mass is 16.3. The van der Waals surface area contributed by atoms with Gasteiger partial charge in [0.25, 0.3) is 0 Å². The lowest BCUT2D eigenvalue weighted by molar-refractivity contribution is 0.137. The zero-order chi connectivity index (χ0) is 9.14. The maximum atomic E-state index is 9.46. The quantitative estimate of drug-likeness (QED) is 0.671. The van der Waals surface area contributed by atoms with E-state index in [0.29, 0.717) is 5.69 Å². The number of aliphatic hydroxyl groups is 1. The van der Waals surface area contributed by atoms with E-state index in [0.717, 1.165) is 0 Å². The number of aryl methyl sites for hydroxylation is 1. The molecule has 0 aliphatic heterocycles. The molecule has 0 saturated heterocycles. The number of nitriles is 1. The number of aliphatic hydroxyl groups excluding tert-OH is 1. The van der Waals surface area contributed by atoms with Crippen LogP contribution >= 0.6 is 0 Å². The predicted molar refractivity (Wildman–Crippen MR) is 40.7 cm³/mol. The first-order valence-corrected chi connectivity index (χ1v) is 3.59. The second kappa shape index (κ2) is 3.32. The molecule has 0 fully saturated rings. The fraction of sp³-hybridized carbons (Fsp3) is 0.571. The van der Waals surface area contributed by atoms with E-state index in [-0.39, 0.29) is 0 Å². The zero-order valence-corrected chi connectivity index (χ0v) is 6.97. The van der Waals surface area contributed by atoms with Crippen molar-refractivity contribution in [1.29, 1.82) is 5.26 Å². The van der Waals surface area contributed by atoms with Gasteiger partial charge >= 0.3 is 0 Å². The molecule has 1 rings (SSSR count). The van der Waals surface area contributed by atoms with Crippen LogP contribution in [0.25, 0.3) is 0 Å². The van der Waals surface area contributed by atoms with Crippen molar-refractivity contribution in [1.82, 2.24) is 15.0 Å². The summed E-state index contributed by atoms with van der Waals surface area (Å²) in [5, 5.41) is 25.6. The maximum Gasteiger partial charge on any atom is 0.115 e. The molecule has 5 nitrogen and oxygen atoms in total. The maximum absolute atomic E-state index is 9.46. The Hall–Kier alpha value is -1.41. The average Bonchev–Trinajstić information content (AvgIpc) is 2.49. The van der Waals surface area contributed by atoms with Crippen LogP contribution in [-0.2, 0) is 7.05 Å². The Kier molecular flexibility index (Phi) is 2.41. The van der Waals surface area contributed by atoms with Crippen molar-refractivity contribution in [2.45, 2.75) is 13.0 Å². The third kappa shape index (κ3) is 1.60. The zero-order valence-electron chi connectivity index (χ0n) is 6.97. The van der Waals surface area contributed by atoms with Gasteiger partial charge in [0, 0.05) is 7.05 Å². The molecule has 0 saturated carbocycles. The summed E-state index contributed by atoms with van der Waals surface area (Å²) >= 11 is 0. The van der Waals surface area contributed by atoms with Crippen LogP contribution in [0.1, 0.15) is 18.7 Å². The van der Waals surface area contributed by atoms with E-state index in [2.05, 4.69) is 10.2 Å². The average molecular weight is 166 g/mol. The monoisotopic (exact) mass is 166 g/mol. The van der Waals surface area contributed by atoms with E-state index in [1.165, 1.54) is 11.0 Å². The lowest BCUT2D eigenvalue weighted by atomic mass is 10.1. The Bertz CT molecular complexity index is 301. The standard InChI is InChI=1S/C7H10N4O/c1-5(3-8)7(12)6-4-9-11(2)10-6/h4-5,7,12H,1-2H3. The molecule has 0 aromatic carbocycles. The summed E-state index contributed by atoms with van der Waals surface area (Å²) in [6.45, 7) is 1.64. The van der Waals surface area contributed by atoms with Gasteiger partial charge in [-0.25, -0.2) is 0 Å². The second-order valence-electron chi connectivity index (χ2n) is 2.62. The first kappa shape index (κ1) is 8.68. The number of rotatable bonds is 2. The van der Waals surface area contributed by atoms with Crippen molar-refractivity contribution in [2.24, 2.45) is 13.0 Å². The van der Waals surface area contributed by atoms with Crippen LogP contribution in [0.3, 0.4) is 0 Å². The third-order valence-corrected chi connectivity index (χ3v) is 1.60. The van der Waals surface area contributed by atoms with Gasteiger partial charge in [-0.2, -0.15) is 20.3 Å². The number of nitrogens with zero attached hydrogens (tertiary/aromatic N) is 4. The van der Waals surface area contributed by atoms with Gasteiger partial charge in [0.15, 0.2) is 0 Å². The van der Waals surface area contributed by atoms with Crippen LogP contribution in [0.2, 0.25) is 0 Å². The van der Waals surface area contributed by atoms with E-state index in [1.807, 2.05) is 6.07 Å². The van der Waals surface area contributed by atoms with Crippen LogP contribution in [-0.4, -0.2) is 20.1 Å². The minimum absolute atomic E-state index is 0.437. The summed E-state index contributed by atoms with van der Waals surface area (Å²) < 4.78 is 0. The molecule has 1 N–H and O–H groups in total. The van der Waals surface area contributed by atoms with Crippen molar-refractivity contribution < 1.29 is 5.11 Å². The Morgan fingerprint density at radius 1 is 1.75 bits per heavy atom. The van der Waals surface area contributed by atoms with Crippen molar-refractivity contribution in [3.05, 3.63) is 11.9 Å². The molecule has 1 heterocycles. The summed E-state index contributed by atoms with van der Waals surface area (Å²) in [5.41, 5.74) is 0.437. The molecule has 0 bridgehead atoms. The molecule has 1 aromatic rings. The van der Waals surface area contributed by atoms with Gasteiger partial charge in [-0.3, -0.25) is 0 Å². The predicted octanol–water partition coefficient (Wildman–Crippen LogP) is 0.00818. The lowest BCUT2D eigenvalue weighted by Crippen LogP contribution is -2.08. The molecular formula is C7H10N4O. The summed E-state index contributed by atoms with van der Waals surface area (Å²) in [6.07, 6.45) is 0.613. The summed E-state index contributed by atoms with van der Waals surface area (Å²) in [4.78, 5) is 1.35.